The fourth-order valence-electron chi connectivity index (χ4n) is 6.86. The molecule has 266 valence electrons. The smallest absolute Gasteiger partial charge is 0.358 e. The van der Waals surface area contributed by atoms with Crippen LogP contribution in [0.15, 0.2) is 122 Å². The Morgan fingerprint density at radius 1 is 0.698 bits per heavy atom. The monoisotopic (exact) mass is 832 g/mol. The summed E-state index contributed by atoms with van der Waals surface area (Å²) in [6.07, 6.45) is 13.5. The van der Waals surface area contributed by atoms with E-state index in [-0.39, 0.29) is 31.1 Å². The number of allylic oxidation sites excluding steroid dienone is 4. The quantitative estimate of drug-likeness (QED) is 0.103. The molecular weight excluding hydrogens is 800 g/mol. The Kier molecular flexibility index (Phi) is 10.1. The molecule has 0 saturated carbocycles. The molecule has 53 heavy (non-hydrogen) atoms. The number of carbonyl (C=O) groups excluding carboxylic acids is 2. The molecule has 5 aromatic rings. The fourth-order valence-corrected chi connectivity index (χ4v) is 7.59. The number of nitrogens with zero attached hydrogens (tertiary/aromatic N) is 6. The number of carbonyl (C=O) groups is 2. The SMILES string of the molecule is O=C(OCCCCCOC(=O)c1ncn2c1CN=C(c1ccccc1)c1cc(Br)ccc1-2)c1ncn2c1CN=C(C1=CC=CCC1)c1cc(Br)ccc1-2. The van der Waals surface area contributed by atoms with Gasteiger partial charge in [-0.25, -0.2) is 19.6 Å². The molecule has 0 amide bonds. The lowest BCUT2D eigenvalue weighted by molar-refractivity contribution is 0.0470. The predicted molar refractivity (Wildman–Crippen MR) is 209 cm³/mol. The highest BCUT2D eigenvalue weighted by Crippen LogP contribution is 2.32. The third-order valence-electron chi connectivity index (χ3n) is 9.46. The molecular formula is C41H34Br2N6O4. The molecule has 0 N–H and O–H groups in total. The number of imidazole rings is 2. The average Bonchev–Trinajstić information content (AvgIpc) is 3.72. The standard InChI is InChI=1S/C41H34Br2N6O4/c42-28-14-16-32-30(20-28)36(26-10-4-1-5-11-26)44-22-34-38(46-24-48(32)34)40(50)52-18-8-3-9-19-53-41(51)39-35-23-45-37(27-12-6-2-7-13-27)31-21-29(43)15-17-33(31)49(35)25-47-39/h1-2,4-6,10-12,14-17,20-21,24-25H,3,7-9,13,18-19,22-23H2. The van der Waals surface area contributed by atoms with Crippen molar-refractivity contribution in [1.29, 1.82) is 0 Å². The summed E-state index contributed by atoms with van der Waals surface area (Å²) in [4.78, 5) is 45.2. The fraction of sp³-hybridized carbons (Fsp3) is 0.220. The second-order valence-corrected chi connectivity index (χ2v) is 14.7. The lowest BCUT2D eigenvalue weighted by Gasteiger charge is -2.15. The third-order valence-corrected chi connectivity index (χ3v) is 10.4. The van der Waals surface area contributed by atoms with Crippen molar-refractivity contribution in [1.82, 2.24) is 19.1 Å². The summed E-state index contributed by atoms with van der Waals surface area (Å²) in [6, 6.07) is 22.1. The Balaban J connectivity index is 0.862. The van der Waals surface area contributed by atoms with Crippen molar-refractivity contribution in [2.24, 2.45) is 9.98 Å². The summed E-state index contributed by atoms with van der Waals surface area (Å²) in [5, 5.41) is 0. The molecule has 8 rings (SSSR count). The van der Waals surface area contributed by atoms with Crippen molar-refractivity contribution < 1.29 is 19.1 Å². The van der Waals surface area contributed by atoms with Gasteiger partial charge in [-0.1, -0.05) is 80.4 Å². The Bertz CT molecular complexity index is 2350. The Labute approximate surface area is 323 Å². The van der Waals surface area contributed by atoms with Gasteiger partial charge in [-0.2, -0.15) is 0 Å². The summed E-state index contributed by atoms with van der Waals surface area (Å²) in [5.41, 5.74) is 9.59. The molecule has 0 unspecified atom stereocenters. The molecule has 0 atom stereocenters. The van der Waals surface area contributed by atoms with Crippen LogP contribution in [0.1, 0.15) is 81.2 Å². The summed E-state index contributed by atoms with van der Waals surface area (Å²) >= 11 is 7.21. The second-order valence-electron chi connectivity index (χ2n) is 12.8. The molecule has 0 radical (unpaired) electrons. The average molecular weight is 835 g/mol. The number of benzene rings is 3. The molecule has 2 aliphatic heterocycles. The van der Waals surface area contributed by atoms with Crippen LogP contribution in [0.4, 0.5) is 0 Å². The number of rotatable bonds is 10. The topological polar surface area (TPSA) is 113 Å². The normalized spacial score (nSPS) is 14.3. The molecule has 0 saturated heterocycles. The van der Waals surface area contributed by atoms with Crippen molar-refractivity contribution in [3.8, 4) is 11.4 Å². The highest BCUT2D eigenvalue weighted by atomic mass is 79.9. The van der Waals surface area contributed by atoms with E-state index in [0.29, 0.717) is 37.2 Å². The van der Waals surface area contributed by atoms with Gasteiger partial charge in [-0.05, 0) is 74.1 Å². The third kappa shape index (κ3) is 7.13. The summed E-state index contributed by atoms with van der Waals surface area (Å²) < 4.78 is 17.0. The van der Waals surface area contributed by atoms with E-state index >= 15 is 0 Å². The molecule has 10 nitrogen and oxygen atoms in total. The van der Waals surface area contributed by atoms with Gasteiger partial charge in [-0.15, -0.1) is 0 Å². The van der Waals surface area contributed by atoms with Gasteiger partial charge in [0.2, 0.25) is 0 Å². The van der Waals surface area contributed by atoms with Gasteiger partial charge in [0.15, 0.2) is 11.4 Å². The van der Waals surface area contributed by atoms with E-state index in [1.807, 2.05) is 69.8 Å². The zero-order valence-corrected chi connectivity index (χ0v) is 31.8. The largest absolute Gasteiger partial charge is 0.461 e. The maximum atomic E-state index is 13.2. The first-order valence-corrected chi connectivity index (χ1v) is 19.1. The number of esters is 2. The van der Waals surface area contributed by atoms with Gasteiger partial charge in [0.05, 0.1) is 60.5 Å². The van der Waals surface area contributed by atoms with Crippen LogP contribution < -0.4 is 0 Å². The Hall–Kier alpha value is -5.20. The van der Waals surface area contributed by atoms with E-state index in [1.54, 1.807) is 12.7 Å². The van der Waals surface area contributed by atoms with Crippen LogP contribution in [0.2, 0.25) is 0 Å². The maximum absolute atomic E-state index is 13.2. The highest BCUT2D eigenvalue weighted by Gasteiger charge is 2.27. The molecule has 0 spiro atoms. The number of fused-ring (bicyclic) bond motifs is 6. The zero-order chi connectivity index (χ0) is 36.3. The van der Waals surface area contributed by atoms with Crippen molar-refractivity contribution in [3.63, 3.8) is 0 Å². The first-order valence-electron chi connectivity index (χ1n) is 17.5. The lowest BCUT2D eigenvalue weighted by atomic mass is 9.94. The van der Waals surface area contributed by atoms with Crippen molar-refractivity contribution in [2.75, 3.05) is 13.2 Å². The molecule has 0 bridgehead atoms. The summed E-state index contributed by atoms with van der Waals surface area (Å²) in [5.74, 6) is -0.964. The summed E-state index contributed by atoms with van der Waals surface area (Å²) in [7, 11) is 0. The van der Waals surface area contributed by atoms with Crippen LogP contribution in [-0.2, 0) is 22.6 Å². The van der Waals surface area contributed by atoms with Crippen molar-refractivity contribution in [3.05, 3.63) is 152 Å². The van der Waals surface area contributed by atoms with Gasteiger partial charge < -0.3 is 9.47 Å². The molecule has 4 heterocycles. The first kappa shape index (κ1) is 34.9. The summed E-state index contributed by atoms with van der Waals surface area (Å²) in [6.45, 7) is 1.03. The number of ether oxygens (including phenoxy) is 2. The van der Waals surface area contributed by atoms with Crippen molar-refractivity contribution >= 4 is 55.2 Å². The molecule has 12 heteroatoms. The van der Waals surface area contributed by atoms with Crippen LogP contribution in [0.3, 0.4) is 0 Å². The molecule has 3 aliphatic rings. The minimum atomic E-state index is -0.487. The van der Waals surface area contributed by atoms with E-state index in [4.69, 9.17) is 19.5 Å². The van der Waals surface area contributed by atoms with Crippen LogP contribution in [0.5, 0.6) is 0 Å². The van der Waals surface area contributed by atoms with Crippen LogP contribution in [0.25, 0.3) is 11.4 Å². The van der Waals surface area contributed by atoms with Gasteiger partial charge in [0.1, 0.15) is 12.7 Å². The number of aliphatic imine (C=N–C) groups is 2. The number of aromatic nitrogens is 4. The van der Waals surface area contributed by atoms with E-state index in [0.717, 1.165) is 61.3 Å². The van der Waals surface area contributed by atoms with E-state index in [9.17, 15) is 9.59 Å². The van der Waals surface area contributed by atoms with E-state index in [1.165, 1.54) is 5.57 Å². The van der Waals surface area contributed by atoms with Gasteiger partial charge >= 0.3 is 11.9 Å². The Morgan fingerprint density at radius 3 is 1.83 bits per heavy atom. The Morgan fingerprint density at radius 2 is 1.26 bits per heavy atom. The minimum Gasteiger partial charge on any atom is -0.461 e. The lowest BCUT2D eigenvalue weighted by Crippen LogP contribution is -2.12. The van der Waals surface area contributed by atoms with Crippen molar-refractivity contribution in [2.45, 2.75) is 45.2 Å². The number of hydrogen-bond donors (Lipinski definition) is 0. The number of hydrogen-bond acceptors (Lipinski definition) is 8. The zero-order valence-electron chi connectivity index (χ0n) is 28.7. The van der Waals surface area contributed by atoms with E-state index < -0.39 is 11.9 Å². The van der Waals surface area contributed by atoms with Gasteiger partial charge in [-0.3, -0.25) is 19.1 Å². The van der Waals surface area contributed by atoms with E-state index in [2.05, 4.69) is 66.1 Å². The maximum Gasteiger partial charge on any atom is 0.358 e. The molecule has 0 fully saturated rings. The molecule has 2 aromatic heterocycles. The highest BCUT2D eigenvalue weighted by molar-refractivity contribution is 9.10. The number of unbranched alkanes of at least 4 members (excludes halogenated alkanes) is 2. The van der Waals surface area contributed by atoms with Gasteiger partial charge in [0.25, 0.3) is 0 Å². The molecule has 3 aromatic carbocycles. The first-order chi connectivity index (χ1) is 26.0. The number of halogens is 2. The predicted octanol–water partition coefficient (Wildman–Crippen LogP) is 8.70. The van der Waals surface area contributed by atoms with Crippen LogP contribution in [0, 0.1) is 0 Å². The molecule has 1 aliphatic carbocycles. The van der Waals surface area contributed by atoms with Gasteiger partial charge in [0, 0.05) is 25.6 Å². The second kappa shape index (κ2) is 15.4. The minimum absolute atomic E-state index is 0.220. The van der Waals surface area contributed by atoms with Crippen LogP contribution >= 0.6 is 31.9 Å². The van der Waals surface area contributed by atoms with Crippen LogP contribution in [-0.4, -0.2) is 55.7 Å².